The normalized spacial score (nSPS) is 26.1. The molecule has 0 amide bonds. The Morgan fingerprint density at radius 3 is 2.50 bits per heavy atom. The van der Waals surface area contributed by atoms with Crippen molar-refractivity contribution >= 4 is 5.78 Å². The minimum Gasteiger partial charge on any atom is -0.379 e. The summed E-state index contributed by atoms with van der Waals surface area (Å²) in [7, 11) is 0. The van der Waals surface area contributed by atoms with Crippen LogP contribution < -0.4 is 0 Å². The maximum atomic E-state index is 11.4. The van der Waals surface area contributed by atoms with Crippen molar-refractivity contribution in [2.75, 3.05) is 32.8 Å². The summed E-state index contributed by atoms with van der Waals surface area (Å²) in [6.45, 7) is 6.59. The summed E-state index contributed by atoms with van der Waals surface area (Å²) >= 11 is 0. The monoisotopic (exact) mass is 197 g/mol. The predicted octanol–water partition coefficient (Wildman–Crippen LogP) is 1.08. The Labute approximate surface area is 85.4 Å². The molecule has 2 aliphatic rings. The van der Waals surface area contributed by atoms with Crippen LogP contribution in [0, 0.1) is 5.41 Å². The van der Waals surface area contributed by atoms with Crippen LogP contribution in [0.5, 0.6) is 0 Å². The fourth-order valence-corrected chi connectivity index (χ4v) is 2.13. The number of ether oxygens (including phenoxy) is 1. The highest BCUT2D eigenvalue weighted by atomic mass is 16.5. The molecule has 14 heavy (non-hydrogen) atoms. The van der Waals surface area contributed by atoms with Crippen LogP contribution in [0.15, 0.2) is 0 Å². The molecule has 3 nitrogen and oxygen atoms in total. The second-order valence-electron chi connectivity index (χ2n) is 4.54. The fraction of sp³-hybridized carbons (Fsp3) is 0.909. The highest BCUT2D eigenvalue weighted by Gasteiger charge is 2.46. The first-order valence-corrected chi connectivity index (χ1v) is 5.54. The van der Waals surface area contributed by atoms with Crippen LogP contribution in [-0.2, 0) is 9.53 Å². The van der Waals surface area contributed by atoms with Gasteiger partial charge in [-0.3, -0.25) is 9.69 Å². The van der Waals surface area contributed by atoms with Crippen LogP contribution in [0.25, 0.3) is 0 Å². The average Bonchev–Trinajstić information content (AvgIpc) is 2.97. The standard InChI is InChI=1S/C11H19NO2/c1-10(13)11(2-3-11)4-5-12-6-8-14-9-7-12/h2-9H2,1H3. The summed E-state index contributed by atoms with van der Waals surface area (Å²) in [4.78, 5) is 13.8. The van der Waals surface area contributed by atoms with Gasteiger partial charge in [0, 0.05) is 18.5 Å². The fourth-order valence-electron chi connectivity index (χ4n) is 2.13. The number of nitrogens with zero attached hydrogens (tertiary/aromatic N) is 1. The van der Waals surface area contributed by atoms with Crippen molar-refractivity contribution < 1.29 is 9.53 Å². The molecule has 0 atom stereocenters. The molecular formula is C11H19NO2. The molecule has 0 unspecified atom stereocenters. The van der Waals surface area contributed by atoms with E-state index in [2.05, 4.69) is 4.90 Å². The van der Waals surface area contributed by atoms with Gasteiger partial charge in [-0.2, -0.15) is 0 Å². The molecule has 80 valence electrons. The van der Waals surface area contributed by atoms with Crippen molar-refractivity contribution in [1.29, 1.82) is 0 Å². The third-order valence-corrected chi connectivity index (χ3v) is 3.61. The van der Waals surface area contributed by atoms with Gasteiger partial charge in [0.1, 0.15) is 5.78 Å². The number of hydrogen-bond acceptors (Lipinski definition) is 3. The first kappa shape index (κ1) is 10.1. The van der Waals surface area contributed by atoms with Gasteiger partial charge in [-0.15, -0.1) is 0 Å². The van der Waals surface area contributed by atoms with Crippen LogP contribution in [0.1, 0.15) is 26.2 Å². The molecule has 0 aromatic heterocycles. The zero-order valence-electron chi connectivity index (χ0n) is 8.92. The van der Waals surface area contributed by atoms with Gasteiger partial charge in [0.05, 0.1) is 13.2 Å². The first-order valence-electron chi connectivity index (χ1n) is 5.54. The largest absolute Gasteiger partial charge is 0.379 e. The van der Waals surface area contributed by atoms with Crippen molar-refractivity contribution in [3.63, 3.8) is 0 Å². The Balaban J connectivity index is 1.73. The Hall–Kier alpha value is -0.410. The molecule has 1 heterocycles. The van der Waals surface area contributed by atoms with Gasteiger partial charge in [0.25, 0.3) is 0 Å². The number of hydrogen-bond donors (Lipinski definition) is 0. The summed E-state index contributed by atoms with van der Waals surface area (Å²) in [6.07, 6.45) is 3.29. The lowest BCUT2D eigenvalue weighted by Gasteiger charge is -2.27. The second-order valence-corrected chi connectivity index (χ2v) is 4.54. The Morgan fingerprint density at radius 2 is 2.00 bits per heavy atom. The average molecular weight is 197 g/mol. The van der Waals surface area contributed by atoms with Gasteiger partial charge in [-0.05, 0) is 32.7 Å². The topological polar surface area (TPSA) is 29.5 Å². The van der Waals surface area contributed by atoms with Crippen molar-refractivity contribution in [2.24, 2.45) is 5.41 Å². The van der Waals surface area contributed by atoms with E-state index in [9.17, 15) is 4.79 Å². The van der Waals surface area contributed by atoms with Gasteiger partial charge < -0.3 is 4.74 Å². The van der Waals surface area contributed by atoms with Crippen LogP contribution in [-0.4, -0.2) is 43.5 Å². The third kappa shape index (κ3) is 2.15. The quantitative estimate of drug-likeness (QED) is 0.675. The molecule has 0 aromatic carbocycles. The number of rotatable bonds is 4. The highest BCUT2D eigenvalue weighted by molar-refractivity contribution is 5.84. The zero-order chi connectivity index (χ0) is 10.0. The Kier molecular flexibility index (Phi) is 2.88. The van der Waals surface area contributed by atoms with E-state index in [1.807, 2.05) is 0 Å². The van der Waals surface area contributed by atoms with Crippen molar-refractivity contribution in [3.8, 4) is 0 Å². The molecule has 1 saturated heterocycles. The molecule has 3 heteroatoms. The number of carbonyl (C=O) groups excluding carboxylic acids is 1. The molecule has 1 aliphatic heterocycles. The lowest BCUT2D eigenvalue weighted by Crippen LogP contribution is -2.38. The van der Waals surface area contributed by atoms with E-state index in [4.69, 9.17) is 4.74 Å². The third-order valence-electron chi connectivity index (χ3n) is 3.61. The number of carbonyl (C=O) groups is 1. The van der Waals surface area contributed by atoms with Gasteiger partial charge in [0.15, 0.2) is 0 Å². The van der Waals surface area contributed by atoms with Crippen LogP contribution in [0.2, 0.25) is 0 Å². The Bertz CT molecular complexity index is 217. The van der Waals surface area contributed by atoms with Crippen LogP contribution in [0.3, 0.4) is 0 Å². The molecule has 0 N–H and O–H groups in total. The SMILES string of the molecule is CC(=O)C1(CCN2CCOCC2)CC1. The van der Waals surface area contributed by atoms with E-state index < -0.39 is 0 Å². The minimum atomic E-state index is 0.0817. The highest BCUT2D eigenvalue weighted by Crippen LogP contribution is 2.49. The predicted molar refractivity (Wildman–Crippen MR) is 54.2 cm³/mol. The summed E-state index contributed by atoms with van der Waals surface area (Å²) in [5.74, 6) is 0.394. The van der Waals surface area contributed by atoms with E-state index in [1.54, 1.807) is 6.92 Å². The minimum absolute atomic E-state index is 0.0817. The Morgan fingerprint density at radius 1 is 1.36 bits per heavy atom. The van der Waals surface area contributed by atoms with Gasteiger partial charge in [0.2, 0.25) is 0 Å². The number of Topliss-reactive ketones (excluding diaryl/α,β-unsaturated/α-hetero) is 1. The zero-order valence-corrected chi connectivity index (χ0v) is 8.92. The summed E-state index contributed by atoms with van der Waals surface area (Å²) in [6, 6.07) is 0. The molecule has 0 radical (unpaired) electrons. The first-order chi connectivity index (χ1) is 6.73. The molecule has 0 bridgehead atoms. The van der Waals surface area contributed by atoms with Crippen molar-refractivity contribution in [2.45, 2.75) is 26.2 Å². The summed E-state index contributed by atoms with van der Waals surface area (Å²) in [5, 5.41) is 0. The van der Waals surface area contributed by atoms with Crippen LogP contribution >= 0.6 is 0 Å². The molecule has 0 spiro atoms. The van der Waals surface area contributed by atoms with Gasteiger partial charge in [-0.25, -0.2) is 0 Å². The summed E-state index contributed by atoms with van der Waals surface area (Å²) in [5.41, 5.74) is 0.0817. The van der Waals surface area contributed by atoms with Crippen molar-refractivity contribution in [1.82, 2.24) is 4.90 Å². The molecule has 1 aliphatic carbocycles. The van der Waals surface area contributed by atoms with E-state index in [0.29, 0.717) is 5.78 Å². The molecular weight excluding hydrogens is 178 g/mol. The molecule has 1 saturated carbocycles. The van der Waals surface area contributed by atoms with Crippen LogP contribution in [0.4, 0.5) is 0 Å². The maximum absolute atomic E-state index is 11.4. The molecule has 0 aromatic rings. The molecule has 2 rings (SSSR count). The van der Waals surface area contributed by atoms with E-state index >= 15 is 0 Å². The smallest absolute Gasteiger partial charge is 0.136 e. The van der Waals surface area contributed by atoms with E-state index in [1.165, 1.54) is 0 Å². The lowest BCUT2D eigenvalue weighted by atomic mass is 9.97. The van der Waals surface area contributed by atoms with Crippen molar-refractivity contribution in [3.05, 3.63) is 0 Å². The molecule has 2 fully saturated rings. The lowest BCUT2D eigenvalue weighted by molar-refractivity contribution is -0.122. The van der Waals surface area contributed by atoms with E-state index in [-0.39, 0.29) is 5.41 Å². The van der Waals surface area contributed by atoms with Gasteiger partial charge in [-0.1, -0.05) is 0 Å². The second kappa shape index (κ2) is 3.99. The summed E-state index contributed by atoms with van der Waals surface area (Å²) < 4.78 is 5.29. The number of morpholine rings is 1. The van der Waals surface area contributed by atoms with Gasteiger partial charge >= 0.3 is 0 Å². The maximum Gasteiger partial charge on any atom is 0.136 e. The van der Waals surface area contributed by atoms with E-state index in [0.717, 1.165) is 52.1 Å². The number of ketones is 1.